The van der Waals surface area contributed by atoms with Crippen molar-refractivity contribution in [3.63, 3.8) is 0 Å². The van der Waals surface area contributed by atoms with Gasteiger partial charge in [0.2, 0.25) is 11.8 Å². The zero-order valence-corrected chi connectivity index (χ0v) is 22.2. The van der Waals surface area contributed by atoms with Crippen molar-refractivity contribution in [3.8, 4) is 0 Å². The molecule has 0 radical (unpaired) electrons. The summed E-state index contributed by atoms with van der Waals surface area (Å²) in [6, 6.07) is 8.46. The summed E-state index contributed by atoms with van der Waals surface area (Å²) in [6.45, 7) is -0.721. The van der Waals surface area contributed by atoms with Gasteiger partial charge in [-0.2, -0.15) is 5.10 Å². The van der Waals surface area contributed by atoms with Gasteiger partial charge in [0, 0.05) is 23.5 Å². The third-order valence-corrected chi connectivity index (χ3v) is 6.44. The molecule has 1 heterocycles. The number of benzene rings is 2. The van der Waals surface area contributed by atoms with Crippen molar-refractivity contribution >= 4 is 46.2 Å². The fraction of sp³-hybridized carbons (Fsp3) is 0.346. The van der Waals surface area contributed by atoms with Gasteiger partial charge in [-0.1, -0.05) is 23.7 Å². The molecule has 4 rings (SSSR count). The van der Waals surface area contributed by atoms with Crippen molar-refractivity contribution < 1.29 is 38.1 Å². The minimum Gasteiger partial charge on any atom is -0.407 e. The van der Waals surface area contributed by atoms with Gasteiger partial charge in [0.15, 0.2) is 5.69 Å². The number of carbonyl (C=O) groups excluding carboxylic acids is 4. The highest BCUT2D eigenvalue weighted by molar-refractivity contribution is 6.30. The van der Waals surface area contributed by atoms with Crippen LogP contribution in [-0.4, -0.2) is 69.1 Å². The van der Waals surface area contributed by atoms with Crippen LogP contribution in [0.2, 0.25) is 5.02 Å². The Bertz CT molecular complexity index is 1460. The predicted molar refractivity (Wildman–Crippen MR) is 139 cm³/mol. The maximum atomic E-state index is 14.1. The maximum Gasteiger partial charge on any atom is 0.342 e. The fourth-order valence-electron chi connectivity index (χ4n) is 4.06. The molecule has 4 N–H and O–H groups in total. The zero-order chi connectivity index (χ0) is 29.0. The summed E-state index contributed by atoms with van der Waals surface area (Å²) in [5, 5.41) is 16.5. The van der Waals surface area contributed by atoms with Gasteiger partial charge in [-0.3, -0.25) is 19.1 Å². The number of carbonyl (C=O) groups is 4. The van der Waals surface area contributed by atoms with Crippen LogP contribution in [0.5, 0.6) is 0 Å². The van der Waals surface area contributed by atoms with Gasteiger partial charge < -0.3 is 30.5 Å². The number of nitrogens with zero attached hydrogens (tertiary/aromatic N) is 3. The van der Waals surface area contributed by atoms with Gasteiger partial charge in [-0.05, 0) is 44.0 Å². The lowest BCUT2D eigenvalue weighted by Gasteiger charge is -2.22. The average molecular weight is 576 g/mol. The van der Waals surface area contributed by atoms with Gasteiger partial charge in [-0.15, -0.1) is 0 Å². The van der Waals surface area contributed by atoms with E-state index in [4.69, 9.17) is 26.8 Å². The molecule has 3 amide bonds. The molecule has 1 atom stereocenters. The first kappa shape index (κ1) is 28.9. The number of halogens is 2. The van der Waals surface area contributed by atoms with E-state index in [0.717, 1.165) is 0 Å². The van der Waals surface area contributed by atoms with Crippen LogP contribution in [0.3, 0.4) is 0 Å². The van der Waals surface area contributed by atoms with Crippen LogP contribution in [0.15, 0.2) is 36.4 Å². The van der Waals surface area contributed by atoms with E-state index in [0.29, 0.717) is 18.4 Å². The second-order valence-electron chi connectivity index (χ2n) is 9.01. The number of primary amides is 1. The molecule has 12 nitrogen and oxygen atoms in total. The van der Waals surface area contributed by atoms with Gasteiger partial charge in [-0.25, -0.2) is 9.18 Å². The smallest absolute Gasteiger partial charge is 0.342 e. The van der Waals surface area contributed by atoms with Crippen LogP contribution >= 0.6 is 11.6 Å². The Balaban J connectivity index is 1.48. The first-order chi connectivity index (χ1) is 19.1. The Morgan fingerprint density at radius 1 is 1.27 bits per heavy atom. The Kier molecular flexibility index (Phi) is 8.97. The molecule has 212 valence electrons. The Labute approximate surface area is 232 Å². The zero-order valence-electron chi connectivity index (χ0n) is 21.4. The number of amides is 3. The van der Waals surface area contributed by atoms with Crippen LogP contribution in [0, 0.1) is 5.82 Å². The molecule has 2 aromatic carbocycles. The molecule has 1 unspecified atom stereocenters. The molecule has 1 saturated carbocycles. The topological polar surface area (TPSA) is 166 Å². The van der Waals surface area contributed by atoms with Gasteiger partial charge in [0.25, 0.3) is 5.91 Å². The second-order valence-corrected chi connectivity index (χ2v) is 9.42. The number of fused-ring (bicyclic) bond motifs is 1. The Hall–Kier alpha value is -4.07. The fourth-order valence-corrected chi connectivity index (χ4v) is 4.25. The van der Waals surface area contributed by atoms with Crippen molar-refractivity contribution in [3.05, 3.63) is 64.1 Å². The summed E-state index contributed by atoms with van der Waals surface area (Å²) < 4.78 is 25.0. The number of nitrogens with two attached hydrogens (primary N) is 1. The van der Waals surface area contributed by atoms with Gasteiger partial charge in [0.05, 0.1) is 29.3 Å². The van der Waals surface area contributed by atoms with Crippen LogP contribution in [-0.2, 0) is 32.2 Å². The van der Waals surface area contributed by atoms with Gasteiger partial charge in [0.1, 0.15) is 12.4 Å². The highest BCUT2D eigenvalue weighted by atomic mass is 35.5. The van der Waals surface area contributed by atoms with E-state index in [2.05, 4.69) is 10.4 Å². The van der Waals surface area contributed by atoms with E-state index in [1.807, 2.05) is 0 Å². The van der Waals surface area contributed by atoms with Crippen LogP contribution in [0.4, 0.5) is 4.39 Å². The normalized spacial score (nSPS) is 13.6. The molecular formula is C26H27ClFN5O7. The number of hydrogen-bond donors (Lipinski definition) is 3. The first-order valence-electron chi connectivity index (χ1n) is 12.4. The third-order valence-electron chi connectivity index (χ3n) is 6.15. The molecule has 1 aliphatic rings. The number of ether oxygens (including phenoxy) is 2. The summed E-state index contributed by atoms with van der Waals surface area (Å²) >= 11 is 5.78. The molecule has 14 heteroatoms. The lowest BCUT2D eigenvalue weighted by molar-refractivity contribution is -0.230. The summed E-state index contributed by atoms with van der Waals surface area (Å²) in [7, 11) is 0. The predicted octanol–water partition coefficient (Wildman–Crippen LogP) is 1.70. The van der Waals surface area contributed by atoms with E-state index >= 15 is 0 Å². The van der Waals surface area contributed by atoms with E-state index in [1.54, 1.807) is 13.0 Å². The minimum absolute atomic E-state index is 0.00736. The monoisotopic (exact) mass is 575 g/mol. The Morgan fingerprint density at radius 2 is 2.02 bits per heavy atom. The van der Waals surface area contributed by atoms with Crippen molar-refractivity contribution in [1.82, 2.24) is 20.0 Å². The van der Waals surface area contributed by atoms with Crippen LogP contribution < -0.4 is 11.1 Å². The minimum atomic E-state index is -1.76. The summed E-state index contributed by atoms with van der Waals surface area (Å²) in [5.41, 5.74) is 5.84. The molecule has 40 heavy (non-hydrogen) atoms. The molecule has 1 aromatic heterocycles. The summed E-state index contributed by atoms with van der Waals surface area (Å²) in [4.78, 5) is 51.7. The van der Waals surface area contributed by atoms with Crippen LogP contribution in [0.1, 0.15) is 46.2 Å². The number of nitrogens with one attached hydrogen (secondary N) is 1. The summed E-state index contributed by atoms with van der Waals surface area (Å²) in [5.74, 6) is -3.35. The van der Waals surface area contributed by atoms with E-state index in [-0.39, 0.29) is 59.5 Å². The number of hydrogen-bond acceptors (Lipinski definition) is 8. The first-order valence-corrected chi connectivity index (χ1v) is 12.8. The van der Waals surface area contributed by atoms with Crippen LogP contribution in [0.25, 0.3) is 10.9 Å². The number of rotatable bonds is 12. The molecule has 3 aromatic rings. The SMILES string of the molecule is CCOC(O)OC(=O)c1ccc2c(c1)c(C(N)=O)nn2CC(=O)N(CC(=O)NCc1cccc(Cl)c1F)C1CC1. The lowest BCUT2D eigenvalue weighted by atomic mass is 10.1. The van der Waals surface area contributed by atoms with Gasteiger partial charge >= 0.3 is 12.4 Å². The third kappa shape index (κ3) is 6.73. The van der Waals surface area contributed by atoms with Crippen molar-refractivity contribution in [1.29, 1.82) is 0 Å². The van der Waals surface area contributed by atoms with Crippen molar-refractivity contribution in [2.75, 3.05) is 13.2 Å². The molecule has 0 spiro atoms. The molecule has 0 aliphatic heterocycles. The highest BCUT2D eigenvalue weighted by Crippen LogP contribution is 2.28. The van der Waals surface area contributed by atoms with Crippen molar-refractivity contribution in [2.45, 2.75) is 45.4 Å². The van der Waals surface area contributed by atoms with E-state index < -0.39 is 36.0 Å². The molecule has 1 aliphatic carbocycles. The standard InChI is InChI=1S/C26H27ClFN5O7/c1-2-39-26(38)40-25(37)14-6-9-19-17(10-14)23(24(29)36)31-33(19)13-21(35)32(16-7-8-16)12-20(34)30-11-15-4-3-5-18(27)22(15)28/h3-6,9-10,16,26,38H,2,7-8,11-13H2,1H3,(H2,29,36)(H,30,34). The van der Waals surface area contributed by atoms with E-state index in [9.17, 15) is 28.7 Å². The van der Waals surface area contributed by atoms with E-state index in [1.165, 1.54) is 39.9 Å². The average Bonchev–Trinajstić information content (AvgIpc) is 3.69. The maximum absolute atomic E-state index is 14.1. The number of aromatic nitrogens is 2. The lowest BCUT2D eigenvalue weighted by Crippen LogP contribution is -2.43. The largest absolute Gasteiger partial charge is 0.407 e. The number of aliphatic hydroxyl groups excluding tert-OH is 1. The number of esters is 1. The van der Waals surface area contributed by atoms with Crippen molar-refractivity contribution in [2.24, 2.45) is 5.73 Å². The highest BCUT2D eigenvalue weighted by Gasteiger charge is 2.34. The Morgan fingerprint density at radius 3 is 2.70 bits per heavy atom. The summed E-state index contributed by atoms with van der Waals surface area (Å²) in [6.07, 6.45) is 1.43. The second kappa shape index (κ2) is 12.4. The molecule has 1 fully saturated rings. The molecule has 0 saturated heterocycles. The molecule has 0 bridgehead atoms. The molecular weight excluding hydrogens is 549 g/mol. The number of aliphatic hydroxyl groups is 1. The quantitative estimate of drug-likeness (QED) is 0.217.